The number of aliphatic carboxylic acids is 1. The molecule has 2 saturated heterocycles. The van der Waals surface area contributed by atoms with E-state index >= 15 is 0 Å². The number of carbonyl (C=O) groups is 2. The smallest absolute Gasteiger partial charge is 0.328 e. The summed E-state index contributed by atoms with van der Waals surface area (Å²) in [6.45, 7) is 2.46. The van der Waals surface area contributed by atoms with Crippen LogP contribution < -0.4 is 0 Å². The van der Waals surface area contributed by atoms with Crippen LogP contribution in [-0.2, 0) is 26.0 Å². The highest BCUT2D eigenvalue weighted by Gasteiger charge is 2.70. The molecule has 0 unspecified atom stereocenters. The molecule has 1 aromatic heterocycles. The number of hydrogen-bond acceptors (Lipinski definition) is 6. The molecule has 1 aromatic rings. The standard InChI is InChI=1S/C15H16N2O6S/c1-15(2)11(14(20)21)17-12(19)10(13(17)24(15,22)23)5-9-4-3-8(7-18)6-16-9/h3-6,11,13,18H,7H2,1-2H3,(H,20,21)/t11-,13+/m0/s1. The van der Waals surface area contributed by atoms with E-state index in [-0.39, 0.29) is 12.2 Å². The van der Waals surface area contributed by atoms with Gasteiger partial charge in [-0.3, -0.25) is 9.78 Å². The molecule has 0 radical (unpaired) electrons. The number of pyridine rings is 1. The van der Waals surface area contributed by atoms with E-state index in [1.54, 1.807) is 12.1 Å². The Hall–Kier alpha value is -2.26. The fraction of sp³-hybridized carbons (Fsp3) is 0.400. The minimum Gasteiger partial charge on any atom is -0.480 e. The number of fused-ring (bicyclic) bond motifs is 1. The number of carboxylic acid groups (broad SMARTS) is 1. The fourth-order valence-corrected chi connectivity index (χ4v) is 5.24. The Balaban J connectivity index is 2.04. The Labute approximate surface area is 138 Å². The molecule has 0 saturated carbocycles. The van der Waals surface area contributed by atoms with Crippen molar-refractivity contribution in [1.82, 2.24) is 9.88 Å². The number of amides is 1. The van der Waals surface area contributed by atoms with Crippen molar-refractivity contribution in [2.75, 3.05) is 0 Å². The summed E-state index contributed by atoms with van der Waals surface area (Å²) in [4.78, 5) is 28.7. The van der Waals surface area contributed by atoms with Gasteiger partial charge in [-0.2, -0.15) is 0 Å². The molecule has 24 heavy (non-hydrogen) atoms. The van der Waals surface area contributed by atoms with Crippen LogP contribution in [0.1, 0.15) is 25.1 Å². The topological polar surface area (TPSA) is 125 Å². The van der Waals surface area contributed by atoms with E-state index in [1.807, 2.05) is 0 Å². The zero-order valence-electron chi connectivity index (χ0n) is 13.0. The van der Waals surface area contributed by atoms with Crippen molar-refractivity contribution in [2.45, 2.75) is 36.6 Å². The molecule has 128 valence electrons. The van der Waals surface area contributed by atoms with Gasteiger partial charge in [0.25, 0.3) is 5.91 Å². The first-order valence-corrected chi connectivity index (χ1v) is 8.74. The number of carbonyl (C=O) groups excluding carboxylic acids is 1. The third-order valence-corrected chi connectivity index (χ3v) is 7.29. The van der Waals surface area contributed by atoms with Crippen LogP contribution in [0.5, 0.6) is 0 Å². The maximum absolute atomic E-state index is 12.7. The number of sulfone groups is 1. The molecule has 9 heteroatoms. The van der Waals surface area contributed by atoms with Crippen LogP contribution >= 0.6 is 0 Å². The summed E-state index contributed by atoms with van der Waals surface area (Å²) < 4.78 is 23.8. The molecule has 3 rings (SSSR count). The first-order chi connectivity index (χ1) is 11.1. The number of rotatable bonds is 3. The average molecular weight is 352 g/mol. The highest BCUT2D eigenvalue weighted by Crippen LogP contribution is 2.48. The lowest BCUT2D eigenvalue weighted by molar-refractivity contribution is -0.152. The molecular weight excluding hydrogens is 336 g/mol. The van der Waals surface area contributed by atoms with Gasteiger partial charge in [0.05, 0.1) is 17.9 Å². The number of β-lactam (4-membered cyclic amide) rings is 1. The third-order valence-electron chi connectivity index (χ3n) is 4.53. The molecule has 0 spiro atoms. The minimum atomic E-state index is -3.89. The van der Waals surface area contributed by atoms with Crippen LogP contribution in [0.4, 0.5) is 0 Å². The number of aromatic nitrogens is 1. The van der Waals surface area contributed by atoms with E-state index < -0.39 is 37.9 Å². The van der Waals surface area contributed by atoms with Gasteiger partial charge in [0, 0.05) is 6.20 Å². The van der Waals surface area contributed by atoms with Gasteiger partial charge in [-0.25, -0.2) is 13.2 Å². The summed E-state index contributed by atoms with van der Waals surface area (Å²) in [5.74, 6) is -1.96. The van der Waals surface area contributed by atoms with Crippen molar-refractivity contribution in [1.29, 1.82) is 0 Å². The van der Waals surface area contributed by atoms with Crippen LogP contribution in [0, 0.1) is 0 Å². The molecule has 0 bridgehead atoms. The van der Waals surface area contributed by atoms with E-state index in [0.717, 1.165) is 4.90 Å². The summed E-state index contributed by atoms with van der Waals surface area (Å²) in [6, 6.07) is 1.74. The number of hydrogen-bond donors (Lipinski definition) is 2. The summed E-state index contributed by atoms with van der Waals surface area (Å²) in [5, 5.41) is 17.1. The molecule has 1 amide bonds. The zero-order valence-corrected chi connectivity index (χ0v) is 13.8. The third kappa shape index (κ3) is 2.01. The average Bonchev–Trinajstić information content (AvgIpc) is 2.66. The van der Waals surface area contributed by atoms with Gasteiger partial charge in [0.15, 0.2) is 21.3 Å². The van der Waals surface area contributed by atoms with Gasteiger partial charge in [-0.15, -0.1) is 0 Å². The second-order valence-electron chi connectivity index (χ2n) is 6.30. The van der Waals surface area contributed by atoms with E-state index in [0.29, 0.717) is 11.3 Å². The Morgan fingerprint density at radius 3 is 2.58 bits per heavy atom. The molecular formula is C15H16N2O6S. The monoisotopic (exact) mass is 352 g/mol. The predicted octanol–water partition coefficient (Wildman–Crippen LogP) is -0.214. The molecule has 2 N–H and O–H groups in total. The summed E-state index contributed by atoms with van der Waals surface area (Å²) in [7, 11) is -3.89. The largest absolute Gasteiger partial charge is 0.480 e. The normalized spacial score (nSPS) is 28.5. The quantitative estimate of drug-likeness (QED) is 0.569. The van der Waals surface area contributed by atoms with Crippen LogP contribution in [0.3, 0.4) is 0 Å². The number of nitrogens with zero attached hydrogens (tertiary/aromatic N) is 2. The summed E-state index contributed by atoms with van der Waals surface area (Å²) in [5.41, 5.74) is 0.956. The fourth-order valence-electron chi connectivity index (χ4n) is 3.12. The molecule has 2 atom stereocenters. The summed E-state index contributed by atoms with van der Waals surface area (Å²) >= 11 is 0. The summed E-state index contributed by atoms with van der Waals surface area (Å²) in [6.07, 6.45) is 2.77. The van der Waals surface area contributed by atoms with Gasteiger partial charge >= 0.3 is 5.97 Å². The van der Waals surface area contributed by atoms with Crippen LogP contribution in [-0.4, -0.2) is 56.6 Å². The SMILES string of the molecule is CC1(C)[C@H](C(=O)O)N2C(=O)C(=Cc3ccc(CO)cn3)[C@H]2S1(=O)=O. The highest BCUT2D eigenvalue weighted by molar-refractivity contribution is 7.94. The molecule has 0 aliphatic carbocycles. The lowest BCUT2D eigenvalue weighted by Gasteiger charge is -2.37. The number of carboxylic acids is 1. The van der Waals surface area contributed by atoms with Gasteiger partial charge in [-0.05, 0) is 31.6 Å². The predicted molar refractivity (Wildman–Crippen MR) is 83.2 cm³/mol. The second kappa shape index (κ2) is 5.12. The van der Waals surface area contributed by atoms with Gasteiger partial charge in [-0.1, -0.05) is 6.07 Å². The lowest BCUT2D eigenvalue weighted by atomic mass is 9.95. The van der Waals surface area contributed by atoms with E-state index in [2.05, 4.69) is 4.98 Å². The molecule has 2 aliphatic rings. The first-order valence-electron chi connectivity index (χ1n) is 7.19. The van der Waals surface area contributed by atoms with Gasteiger partial charge in [0.1, 0.15) is 4.75 Å². The lowest BCUT2D eigenvalue weighted by Crippen LogP contribution is -2.58. The Morgan fingerprint density at radius 1 is 1.42 bits per heavy atom. The van der Waals surface area contributed by atoms with E-state index in [1.165, 1.54) is 26.1 Å². The van der Waals surface area contributed by atoms with Crippen molar-refractivity contribution in [3.63, 3.8) is 0 Å². The van der Waals surface area contributed by atoms with Crippen molar-refractivity contribution in [3.05, 3.63) is 35.2 Å². The molecule has 0 aromatic carbocycles. The molecule has 2 fully saturated rings. The Bertz CT molecular complexity index is 856. The van der Waals surface area contributed by atoms with Crippen LogP contribution in [0.15, 0.2) is 23.9 Å². The van der Waals surface area contributed by atoms with E-state index in [9.17, 15) is 23.1 Å². The Kier molecular flexibility index (Phi) is 3.54. The van der Waals surface area contributed by atoms with Crippen LogP contribution in [0.2, 0.25) is 0 Å². The molecule has 2 aliphatic heterocycles. The molecule has 8 nitrogen and oxygen atoms in total. The van der Waals surface area contributed by atoms with Gasteiger partial charge in [0.2, 0.25) is 0 Å². The Morgan fingerprint density at radius 2 is 2.08 bits per heavy atom. The first kappa shape index (κ1) is 16.6. The van der Waals surface area contributed by atoms with E-state index in [4.69, 9.17) is 5.11 Å². The molecule has 3 heterocycles. The maximum Gasteiger partial charge on any atom is 0.328 e. The van der Waals surface area contributed by atoms with Crippen molar-refractivity contribution in [2.24, 2.45) is 0 Å². The minimum absolute atomic E-state index is 0.0103. The van der Waals surface area contributed by atoms with Crippen molar-refractivity contribution in [3.8, 4) is 0 Å². The highest BCUT2D eigenvalue weighted by atomic mass is 32.2. The van der Waals surface area contributed by atoms with Crippen LogP contribution in [0.25, 0.3) is 6.08 Å². The van der Waals surface area contributed by atoms with Gasteiger partial charge < -0.3 is 15.1 Å². The maximum atomic E-state index is 12.7. The second-order valence-corrected chi connectivity index (χ2v) is 8.89. The van der Waals surface area contributed by atoms with Crippen molar-refractivity contribution < 1.29 is 28.2 Å². The zero-order chi connectivity index (χ0) is 17.9. The number of aliphatic hydroxyl groups is 1. The number of aliphatic hydroxyl groups excluding tert-OH is 1. The van der Waals surface area contributed by atoms with Crippen molar-refractivity contribution >= 4 is 27.8 Å².